The molecule has 2 N–H and O–H groups in total. The van der Waals surface area contributed by atoms with Crippen molar-refractivity contribution in [1.82, 2.24) is 4.31 Å². The van der Waals surface area contributed by atoms with Gasteiger partial charge in [0.2, 0.25) is 10.0 Å². The summed E-state index contributed by atoms with van der Waals surface area (Å²) < 4.78 is 26.0. The van der Waals surface area contributed by atoms with Crippen molar-refractivity contribution in [2.75, 3.05) is 18.8 Å². The van der Waals surface area contributed by atoms with Gasteiger partial charge in [0.1, 0.15) is 0 Å². The molecule has 0 aliphatic carbocycles. The standard InChI is InChI=1S/C11H26N2O2S/c1-6-7-13(11(4,5)9-12)16(14,15)8-10(2)3/h10H,6-9,12H2,1-5H3. The molecule has 0 aromatic carbocycles. The van der Waals surface area contributed by atoms with Crippen LogP contribution in [0.3, 0.4) is 0 Å². The molecule has 0 aliphatic rings. The summed E-state index contributed by atoms with van der Waals surface area (Å²) in [4.78, 5) is 0. The lowest BCUT2D eigenvalue weighted by Gasteiger charge is -2.36. The highest BCUT2D eigenvalue weighted by molar-refractivity contribution is 7.89. The Morgan fingerprint density at radius 1 is 1.31 bits per heavy atom. The minimum absolute atomic E-state index is 0.137. The molecule has 0 unspecified atom stereocenters. The van der Waals surface area contributed by atoms with Gasteiger partial charge in [-0.15, -0.1) is 0 Å². The number of nitrogens with two attached hydrogens (primary N) is 1. The van der Waals surface area contributed by atoms with Gasteiger partial charge in [-0.2, -0.15) is 4.31 Å². The molecular weight excluding hydrogens is 224 g/mol. The first-order valence-electron chi connectivity index (χ1n) is 5.88. The summed E-state index contributed by atoms with van der Waals surface area (Å²) in [6, 6.07) is 0. The molecule has 0 aromatic rings. The molecule has 0 aliphatic heterocycles. The zero-order valence-corrected chi connectivity index (χ0v) is 12.0. The van der Waals surface area contributed by atoms with Crippen LogP contribution in [-0.4, -0.2) is 37.1 Å². The second kappa shape index (κ2) is 5.98. The van der Waals surface area contributed by atoms with Gasteiger partial charge in [0.15, 0.2) is 0 Å². The Balaban J connectivity index is 5.05. The van der Waals surface area contributed by atoms with Crippen molar-refractivity contribution in [3.05, 3.63) is 0 Å². The molecule has 98 valence electrons. The first kappa shape index (κ1) is 15.9. The lowest BCUT2D eigenvalue weighted by Crippen LogP contribution is -2.53. The molecule has 0 amide bonds. The van der Waals surface area contributed by atoms with Gasteiger partial charge in [-0.25, -0.2) is 8.42 Å². The first-order chi connectivity index (χ1) is 7.17. The number of sulfonamides is 1. The summed E-state index contributed by atoms with van der Waals surface area (Å²) in [5, 5.41) is 0. The molecule has 5 heteroatoms. The summed E-state index contributed by atoms with van der Waals surface area (Å²) in [6.07, 6.45) is 0.806. The third kappa shape index (κ3) is 4.39. The predicted octanol–water partition coefficient (Wildman–Crippen LogP) is 1.42. The van der Waals surface area contributed by atoms with Crippen molar-refractivity contribution < 1.29 is 8.42 Å². The summed E-state index contributed by atoms with van der Waals surface area (Å²) in [7, 11) is -3.20. The van der Waals surface area contributed by atoms with Crippen molar-refractivity contribution >= 4 is 10.0 Å². The molecule has 0 bridgehead atoms. The average Bonchev–Trinajstić information content (AvgIpc) is 2.11. The van der Waals surface area contributed by atoms with Crippen LogP contribution in [0.15, 0.2) is 0 Å². The summed E-state index contributed by atoms with van der Waals surface area (Å²) in [5.41, 5.74) is 5.16. The molecule has 0 saturated carbocycles. The summed E-state index contributed by atoms with van der Waals surface area (Å²) >= 11 is 0. The van der Waals surface area contributed by atoms with E-state index in [0.29, 0.717) is 13.1 Å². The zero-order valence-electron chi connectivity index (χ0n) is 11.2. The number of hydrogen-bond donors (Lipinski definition) is 1. The highest BCUT2D eigenvalue weighted by Gasteiger charge is 2.34. The predicted molar refractivity (Wildman–Crippen MR) is 68.8 cm³/mol. The van der Waals surface area contributed by atoms with Gasteiger partial charge in [0.05, 0.1) is 5.75 Å². The minimum Gasteiger partial charge on any atom is -0.329 e. The lowest BCUT2D eigenvalue weighted by atomic mass is 10.1. The van der Waals surface area contributed by atoms with E-state index in [9.17, 15) is 8.42 Å². The van der Waals surface area contributed by atoms with Crippen LogP contribution in [0.2, 0.25) is 0 Å². The molecule has 0 aromatic heterocycles. The van der Waals surface area contributed by atoms with Crippen LogP contribution in [0.4, 0.5) is 0 Å². The molecule has 0 fully saturated rings. The first-order valence-corrected chi connectivity index (χ1v) is 7.49. The zero-order chi connectivity index (χ0) is 13.0. The Kier molecular flexibility index (Phi) is 5.93. The largest absolute Gasteiger partial charge is 0.329 e. The maximum atomic E-state index is 12.2. The maximum absolute atomic E-state index is 12.2. The van der Waals surface area contributed by atoms with Crippen molar-refractivity contribution in [2.24, 2.45) is 11.7 Å². The maximum Gasteiger partial charge on any atom is 0.214 e. The van der Waals surface area contributed by atoms with E-state index in [-0.39, 0.29) is 11.7 Å². The molecule has 0 radical (unpaired) electrons. The van der Waals surface area contributed by atoms with E-state index in [4.69, 9.17) is 5.73 Å². The van der Waals surface area contributed by atoms with Crippen molar-refractivity contribution in [3.63, 3.8) is 0 Å². The second-order valence-corrected chi connectivity index (χ2v) is 7.20. The molecule has 0 heterocycles. The molecule has 16 heavy (non-hydrogen) atoms. The second-order valence-electron chi connectivity index (χ2n) is 5.26. The van der Waals surface area contributed by atoms with Gasteiger partial charge in [0, 0.05) is 18.6 Å². The smallest absolute Gasteiger partial charge is 0.214 e. The average molecular weight is 250 g/mol. The SMILES string of the molecule is CCCN(C(C)(C)CN)S(=O)(=O)CC(C)C. The van der Waals surface area contributed by atoms with Crippen LogP contribution in [0.25, 0.3) is 0 Å². The molecule has 0 saturated heterocycles. The van der Waals surface area contributed by atoms with Crippen LogP contribution in [-0.2, 0) is 10.0 Å². The van der Waals surface area contributed by atoms with Crippen LogP contribution in [0.5, 0.6) is 0 Å². The fourth-order valence-electron chi connectivity index (χ4n) is 1.63. The van der Waals surface area contributed by atoms with Gasteiger partial charge < -0.3 is 5.73 Å². The highest BCUT2D eigenvalue weighted by Crippen LogP contribution is 2.20. The fourth-order valence-corrected chi connectivity index (χ4v) is 3.95. The van der Waals surface area contributed by atoms with E-state index < -0.39 is 15.6 Å². The Morgan fingerprint density at radius 3 is 2.12 bits per heavy atom. The summed E-state index contributed by atoms with van der Waals surface area (Å²) in [6.45, 7) is 10.4. The van der Waals surface area contributed by atoms with Gasteiger partial charge in [0.25, 0.3) is 0 Å². The van der Waals surface area contributed by atoms with Crippen LogP contribution < -0.4 is 5.73 Å². The highest BCUT2D eigenvalue weighted by atomic mass is 32.2. The Labute approximate surface area is 100 Å². The van der Waals surface area contributed by atoms with E-state index in [2.05, 4.69) is 0 Å². The molecule has 0 spiro atoms. The monoisotopic (exact) mass is 250 g/mol. The van der Waals surface area contributed by atoms with Crippen molar-refractivity contribution in [2.45, 2.75) is 46.6 Å². The van der Waals surface area contributed by atoms with Gasteiger partial charge in [-0.1, -0.05) is 20.8 Å². The van der Waals surface area contributed by atoms with Gasteiger partial charge >= 0.3 is 0 Å². The molecule has 0 rings (SSSR count). The Hall–Kier alpha value is -0.130. The molecular formula is C11H26N2O2S. The van der Waals surface area contributed by atoms with Crippen LogP contribution in [0.1, 0.15) is 41.0 Å². The van der Waals surface area contributed by atoms with Gasteiger partial charge in [-0.3, -0.25) is 0 Å². The van der Waals surface area contributed by atoms with Crippen LogP contribution in [0, 0.1) is 5.92 Å². The topological polar surface area (TPSA) is 63.4 Å². The Bertz CT molecular complexity index is 297. The third-order valence-electron chi connectivity index (χ3n) is 2.48. The quantitative estimate of drug-likeness (QED) is 0.743. The minimum atomic E-state index is -3.20. The lowest BCUT2D eigenvalue weighted by molar-refractivity contribution is 0.234. The van der Waals surface area contributed by atoms with Crippen molar-refractivity contribution in [1.29, 1.82) is 0 Å². The van der Waals surface area contributed by atoms with E-state index in [1.807, 2.05) is 34.6 Å². The normalized spacial score (nSPS) is 13.8. The van der Waals surface area contributed by atoms with Crippen LogP contribution >= 0.6 is 0 Å². The Morgan fingerprint density at radius 2 is 1.81 bits per heavy atom. The van der Waals surface area contributed by atoms with E-state index in [0.717, 1.165) is 6.42 Å². The van der Waals surface area contributed by atoms with Gasteiger partial charge in [-0.05, 0) is 26.2 Å². The molecule has 4 nitrogen and oxygen atoms in total. The molecule has 0 atom stereocenters. The van der Waals surface area contributed by atoms with E-state index >= 15 is 0 Å². The number of hydrogen-bond acceptors (Lipinski definition) is 3. The fraction of sp³-hybridized carbons (Fsp3) is 1.00. The van der Waals surface area contributed by atoms with E-state index in [1.54, 1.807) is 4.31 Å². The third-order valence-corrected chi connectivity index (χ3v) is 4.92. The van der Waals surface area contributed by atoms with Crippen molar-refractivity contribution in [3.8, 4) is 0 Å². The number of nitrogens with zero attached hydrogens (tertiary/aromatic N) is 1. The summed E-state index contributed by atoms with van der Waals surface area (Å²) in [5.74, 6) is 0.328. The number of rotatable bonds is 7. The van der Waals surface area contributed by atoms with E-state index in [1.165, 1.54) is 0 Å².